The van der Waals surface area contributed by atoms with Crippen molar-refractivity contribution in [2.45, 2.75) is 6.42 Å². The van der Waals surface area contributed by atoms with Crippen LogP contribution < -0.4 is 10.6 Å². The molecule has 3 aromatic rings. The highest BCUT2D eigenvalue weighted by atomic mass is 32.1. The Labute approximate surface area is 127 Å². The summed E-state index contributed by atoms with van der Waals surface area (Å²) in [6.07, 6.45) is 0.519. The minimum atomic E-state index is 0.192. The van der Waals surface area contributed by atoms with Crippen LogP contribution >= 0.6 is 11.3 Å². The molecule has 1 aromatic heterocycles. The lowest BCUT2D eigenvalue weighted by atomic mass is 10.2. The number of para-hydroxylation sites is 2. The normalized spacial score (nSPS) is 10.7. The SMILES string of the molecule is N=C(N)CCN(c1ccccc1)c1nc2ccccc2s1. The quantitative estimate of drug-likeness (QED) is 0.556. The molecule has 0 aliphatic rings. The van der Waals surface area contributed by atoms with E-state index in [0.717, 1.165) is 21.0 Å². The summed E-state index contributed by atoms with van der Waals surface area (Å²) in [6, 6.07) is 18.2. The molecule has 0 unspecified atom stereocenters. The van der Waals surface area contributed by atoms with Crippen molar-refractivity contribution >= 4 is 38.2 Å². The van der Waals surface area contributed by atoms with Crippen molar-refractivity contribution in [3.8, 4) is 0 Å². The first-order valence-electron chi connectivity index (χ1n) is 6.75. The Hall–Kier alpha value is -2.40. The first-order valence-corrected chi connectivity index (χ1v) is 7.57. The maximum atomic E-state index is 7.45. The van der Waals surface area contributed by atoms with Crippen LogP contribution in [0.15, 0.2) is 54.6 Å². The van der Waals surface area contributed by atoms with Crippen LogP contribution in [0.25, 0.3) is 10.2 Å². The molecule has 0 spiro atoms. The van der Waals surface area contributed by atoms with E-state index in [2.05, 4.69) is 11.0 Å². The minimum Gasteiger partial charge on any atom is -0.388 e. The summed E-state index contributed by atoms with van der Waals surface area (Å²) in [5.41, 5.74) is 7.58. The second-order valence-electron chi connectivity index (χ2n) is 4.73. The third kappa shape index (κ3) is 3.03. The molecule has 0 amide bonds. The first-order chi connectivity index (χ1) is 10.2. The van der Waals surface area contributed by atoms with Crippen molar-refractivity contribution in [3.05, 3.63) is 54.6 Å². The van der Waals surface area contributed by atoms with Gasteiger partial charge >= 0.3 is 0 Å². The summed E-state index contributed by atoms with van der Waals surface area (Å²) in [4.78, 5) is 6.82. The molecule has 1 heterocycles. The van der Waals surface area contributed by atoms with Crippen LogP contribution in [-0.2, 0) is 0 Å². The number of anilines is 2. The maximum absolute atomic E-state index is 7.45. The van der Waals surface area contributed by atoms with E-state index < -0.39 is 0 Å². The monoisotopic (exact) mass is 296 g/mol. The summed E-state index contributed by atoms with van der Waals surface area (Å²) < 4.78 is 1.16. The molecule has 0 atom stereocenters. The fourth-order valence-corrected chi connectivity index (χ4v) is 3.16. The number of nitrogens with zero attached hydrogens (tertiary/aromatic N) is 2. The number of benzene rings is 2. The Morgan fingerprint density at radius 1 is 1.10 bits per heavy atom. The molecule has 21 heavy (non-hydrogen) atoms. The van der Waals surface area contributed by atoms with Crippen molar-refractivity contribution in [2.24, 2.45) is 5.73 Å². The van der Waals surface area contributed by atoms with E-state index in [4.69, 9.17) is 16.1 Å². The summed E-state index contributed by atoms with van der Waals surface area (Å²) in [5, 5.41) is 8.39. The second kappa shape index (κ2) is 5.93. The van der Waals surface area contributed by atoms with Gasteiger partial charge in [0.1, 0.15) is 0 Å². The molecule has 0 bridgehead atoms. The Morgan fingerprint density at radius 3 is 2.52 bits per heavy atom. The smallest absolute Gasteiger partial charge is 0.190 e. The standard InChI is InChI=1S/C16H16N4S/c17-15(18)10-11-20(12-6-2-1-3-7-12)16-19-13-8-4-5-9-14(13)21-16/h1-9H,10-11H2,(H3,17,18). The maximum Gasteiger partial charge on any atom is 0.190 e. The molecular weight excluding hydrogens is 280 g/mol. The molecule has 0 aliphatic carbocycles. The zero-order valence-corrected chi connectivity index (χ0v) is 12.3. The van der Waals surface area contributed by atoms with E-state index >= 15 is 0 Å². The lowest BCUT2D eigenvalue weighted by molar-refractivity contribution is 0.949. The van der Waals surface area contributed by atoms with Crippen LogP contribution in [0, 0.1) is 5.41 Å². The topological polar surface area (TPSA) is 66.0 Å². The molecule has 3 N–H and O–H groups in total. The lowest BCUT2D eigenvalue weighted by Gasteiger charge is -2.21. The van der Waals surface area contributed by atoms with Crippen LogP contribution in [0.4, 0.5) is 10.8 Å². The van der Waals surface area contributed by atoms with Gasteiger partial charge in [0, 0.05) is 18.7 Å². The van der Waals surface area contributed by atoms with Gasteiger partial charge in [0.2, 0.25) is 0 Å². The number of thiazole rings is 1. The largest absolute Gasteiger partial charge is 0.388 e. The average Bonchev–Trinajstić information content (AvgIpc) is 2.92. The van der Waals surface area contributed by atoms with E-state index in [9.17, 15) is 0 Å². The number of nitrogens with two attached hydrogens (primary N) is 1. The fraction of sp³-hybridized carbons (Fsp3) is 0.125. The van der Waals surface area contributed by atoms with Gasteiger partial charge in [-0.1, -0.05) is 41.7 Å². The van der Waals surface area contributed by atoms with Gasteiger partial charge in [0.25, 0.3) is 0 Å². The Kier molecular flexibility index (Phi) is 3.83. The van der Waals surface area contributed by atoms with Gasteiger partial charge < -0.3 is 10.6 Å². The van der Waals surface area contributed by atoms with Gasteiger partial charge in [-0.3, -0.25) is 5.41 Å². The third-order valence-electron chi connectivity index (χ3n) is 3.19. The van der Waals surface area contributed by atoms with Crippen LogP contribution in [0.1, 0.15) is 6.42 Å². The van der Waals surface area contributed by atoms with E-state index in [0.29, 0.717) is 13.0 Å². The van der Waals surface area contributed by atoms with Crippen molar-refractivity contribution in [3.63, 3.8) is 0 Å². The van der Waals surface area contributed by atoms with Crippen molar-refractivity contribution in [2.75, 3.05) is 11.4 Å². The van der Waals surface area contributed by atoms with Crippen LogP contribution in [-0.4, -0.2) is 17.4 Å². The molecule has 3 rings (SSSR count). The summed E-state index contributed by atoms with van der Waals surface area (Å²) in [5.74, 6) is 0.192. The van der Waals surface area contributed by atoms with Gasteiger partial charge in [-0.25, -0.2) is 4.98 Å². The molecule has 0 fully saturated rings. The van der Waals surface area contributed by atoms with Gasteiger partial charge in [-0.2, -0.15) is 0 Å². The number of hydrogen-bond acceptors (Lipinski definition) is 4. The third-order valence-corrected chi connectivity index (χ3v) is 4.25. The zero-order chi connectivity index (χ0) is 14.7. The number of nitrogens with one attached hydrogen (secondary N) is 1. The number of hydrogen-bond donors (Lipinski definition) is 2. The van der Waals surface area contributed by atoms with Gasteiger partial charge in [-0.15, -0.1) is 0 Å². The fourth-order valence-electron chi connectivity index (χ4n) is 2.15. The number of fused-ring (bicyclic) bond motifs is 1. The molecule has 0 saturated carbocycles. The van der Waals surface area contributed by atoms with E-state index in [1.807, 2.05) is 48.5 Å². The zero-order valence-electron chi connectivity index (χ0n) is 11.5. The second-order valence-corrected chi connectivity index (χ2v) is 5.74. The summed E-state index contributed by atoms with van der Waals surface area (Å²) in [6.45, 7) is 0.652. The van der Waals surface area contributed by atoms with Gasteiger partial charge in [0.15, 0.2) is 5.13 Å². The average molecular weight is 296 g/mol. The number of aromatic nitrogens is 1. The molecule has 106 valence electrons. The molecule has 2 aromatic carbocycles. The van der Waals surface area contributed by atoms with E-state index in [1.54, 1.807) is 11.3 Å². The molecule has 5 heteroatoms. The molecular formula is C16H16N4S. The lowest BCUT2D eigenvalue weighted by Crippen LogP contribution is -2.23. The first kappa shape index (κ1) is 13.6. The Bertz CT molecular complexity index is 718. The molecule has 0 aliphatic heterocycles. The van der Waals surface area contributed by atoms with Crippen molar-refractivity contribution in [1.82, 2.24) is 4.98 Å². The Balaban J connectivity index is 1.99. The molecule has 4 nitrogen and oxygen atoms in total. The van der Waals surface area contributed by atoms with Crippen LogP contribution in [0.5, 0.6) is 0 Å². The van der Waals surface area contributed by atoms with Crippen molar-refractivity contribution < 1.29 is 0 Å². The summed E-state index contributed by atoms with van der Waals surface area (Å²) >= 11 is 1.66. The highest BCUT2D eigenvalue weighted by molar-refractivity contribution is 7.22. The molecule has 0 radical (unpaired) electrons. The predicted molar refractivity (Wildman–Crippen MR) is 89.6 cm³/mol. The Morgan fingerprint density at radius 2 is 1.81 bits per heavy atom. The predicted octanol–water partition coefficient (Wildman–Crippen LogP) is 3.76. The van der Waals surface area contributed by atoms with Gasteiger partial charge in [0.05, 0.1) is 16.1 Å². The minimum absolute atomic E-state index is 0.192. The number of rotatable bonds is 5. The van der Waals surface area contributed by atoms with Crippen LogP contribution in [0.3, 0.4) is 0 Å². The summed E-state index contributed by atoms with van der Waals surface area (Å²) in [7, 11) is 0. The highest BCUT2D eigenvalue weighted by Crippen LogP contribution is 2.33. The van der Waals surface area contributed by atoms with Gasteiger partial charge in [-0.05, 0) is 24.3 Å². The van der Waals surface area contributed by atoms with E-state index in [1.165, 1.54) is 0 Å². The number of amidine groups is 1. The molecule has 0 saturated heterocycles. The van der Waals surface area contributed by atoms with Crippen LogP contribution in [0.2, 0.25) is 0 Å². The van der Waals surface area contributed by atoms with E-state index in [-0.39, 0.29) is 5.84 Å². The van der Waals surface area contributed by atoms with Crippen molar-refractivity contribution in [1.29, 1.82) is 5.41 Å². The highest BCUT2D eigenvalue weighted by Gasteiger charge is 2.14.